The number of nitrogens with two attached hydrogens (primary N) is 1. The van der Waals surface area contributed by atoms with Crippen molar-refractivity contribution in [2.45, 2.75) is 11.3 Å². The quantitative estimate of drug-likeness (QED) is 0.622. The highest BCUT2D eigenvalue weighted by Gasteiger charge is 2.31. The highest BCUT2D eigenvalue weighted by atomic mass is 32.2. The molecular formula is C17H11F4NO3S2. The lowest BCUT2D eigenvalue weighted by Crippen LogP contribution is -2.17. The Hall–Kier alpha value is -2.43. The van der Waals surface area contributed by atoms with Gasteiger partial charge in [-0.1, -0.05) is 18.2 Å². The fraction of sp³-hybridized carbons (Fsp3) is 0.0588. The van der Waals surface area contributed by atoms with Gasteiger partial charge in [0.15, 0.2) is 0 Å². The van der Waals surface area contributed by atoms with Gasteiger partial charge in [0.25, 0.3) is 0 Å². The van der Waals surface area contributed by atoms with Gasteiger partial charge >= 0.3 is 6.36 Å². The van der Waals surface area contributed by atoms with Gasteiger partial charge in [-0.15, -0.1) is 13.2 Å². The topological polar surface area (TPSA) is 69.4 Å². The predicted octanol–water partition coefficient (Wildman–Crippen LogP) is 4.77. The summed E-state index contributed by atoms with van der Waals surface area (Å²) in [6.07, 6.45) is -4.82. The van der Waals surface area contributed by atoms with E-state index in [0.717, 1.165) is 12.1 Å². The molecule has 0 fully saturated rings. The first kappa shape index (κ1) is 19.3. The van der Waals surface area contributed by atoms with Crippen LogP contribution in [-0.4, -0.2) is 14.8 Å². The molecule has 2 aromatic carbocycles. The van der Waals surface area contributed by atoms with E-state index in [0.29, 0.717) is 22.3 Å². The molecule has 0 saturated carbocycles. The molecule has 27 heavy (non-hydrogen) atoms. The van der Waals surface area contributed by atoms with Crippen LogP contribution in [0.2, 0.25) is 0 Å². The van der Waals surface area contributed by atoms with Gasteiger partial charge in [-0.05, 0) is 46.2 Å². The maximum atomic E-state index is 14.1. The number of rotatable bonds is 4. The highest BCUT2D eigenvalue weighted by molar-refractivity contribution is 7.89. The van der Waals surface area contributed by atoms with Gasteiger partial charge in [0, 0.05) is 11.1 Å². The van der Waals surface area contributed by atoms with Crippen LogP contribution in [0.1, 0.15) is 0 Å². The van der Waals surface area contributed by atoms with Gasteiger partial charge in [-0.2, -0.15) is 11.3 Å². The Morgan fingerprint density at radius 3 is 2.15 bits per heavy atom. The molecule has 1 heterocycles. The molecule has 0 amide bonds. The zero-order valence-corrected chi connectivity index (χ0v) is 15.0. The number of ether oxygens (including phenoxy) is 1. The third-order valence-electron chi connectivity index (χ3n) is 3.59. The molecule has 0 aliphatic heterocycles. The fourth-order valence-corrected chi connectivity index (χ4v) is 3.96. The smallest absolute Gasteiger partial charge is 0.406 e. The number of benzene rings is 2. The van der Waals surface area contributed by atoms with Crippen LogP contribution >= 0.6 is 11.3 Å². The first-order valence-electron chi connectivity index (χ1n) is 7.30. The fourth-order valence-electron chi connectivity index (χ4n) is 2.50. The average Bonchev–Trinajstić information content (AvgIpc) is 3.01. The lowest BCUT2D eigenvalue weighted by atomic mass is 9.99. The summed E-state index contributed by atoms with van der Waals surface area (Å²) in [5, 5.41) is 8.31. The number of primary sulfonamides is 1. The number of alkyl halides is 3. The molecule has 10 heteroatoms. The Morgan fingerprint density at radius 1 is 0.963 bits per heavy atom. The van der Waals surface area contributed by atoms with E-state index < -0.39 is 27.1 Å². The van der Waals surface area contributed by atoms with Crippen molar-refractivity contribution >= 4 is 21.4 Å². The van der Waals surface area contributed by atoms with E-state index in [9.17, 15) is 26.0 Å². The molecule has 0 aliphatic carbocycles. The van der Waals surface area contributed by atoms with E-state index >= 15 is 0 Å². The first-order valence-corrected chi connectivity index (χ1v) is 9.78. The van der Waals surface area contributed by atoms with Gasteiger partial charge < -0.3 is 4.74 Å². The minimum Gasteiger partial charge on any atom is -0.406 e. The van der Waals surface area contributed by atoms with Gasteiger partial charge in [0.05, 0.1) is 0 Å². The summed E-state index contributed by atoms with van der Waals surface area (Å²) in [4.78, 5) is -0.636. The van der Waals surface area contributed by atoms with Crippen molar-refractivity contribution in [2.75, 3.05) is 0 Å². The summed E-state index contributed by atoms with van der Waals surface area (Å²) >= 11 is 1.26. The molecular weight excluding hydrogens is 406 g/mol. The van der Waals surface area contributed by atoms with Gasteiger partial charge in [0.2, 0.25) is 10.0 Å². The Bertz CT molecular complexity index is 1090. The summed E-state index contributed by atoms with van der Waals surface area (Å²) in [5.74, 6) is -1.39. The van der Waals surface area contributed by atoms with E-state index in [2.05, 4.69) is 4.74 Å². The van der Waals surface area contributed by atoms with E-state index in [1.165, 1.54) is 35.6 Å². The standard InChI is InChI=1S/C17H11F4NO3S2/c18-15-7-11(4-5-16(15)27(22,23)24)14-9-26-8-13(14)10-2-1-3-12(6-10)25-17(19,20)21/h1-9H,(H2,22,23,24). The number of hydrogen-bond acceptors (Lipinski definition) is 4. The van der Waals surface area contributed by atoms with Crippen molar-refractivity contribution in [1.82, 2.24) is 0 Å². The van der Waals surface area contributed by atoms with Crippen LogP contribution in [0.4, 0.5) is 17.6 Å². The molecule has 0 saturated heterocycles. The predicted molar refractivity (Wildman–Crippen MR) is 93.2 cm³/mol. The maximum absolute atomic E-state index is 14.1. The minimum atomic E-state index is -4.82. The zero-order chi connectivity index (χ0) is 19.8. The Labute approximate surface area is 155 Å². The SMILES string of the molecule is NS(=O)(=O)c1ccc(-c2cscc2-c2cccc(OC(F)(F)F)c2)cc1F. The van der Waals surface area contributed by atoms with Crippen LogP contribution in [0.15, 0.2) is 58.1 Å². The normalized spacial score (nSPS) is 12.2. The van der Waals surface area contributed by atoms with Crippen molar-refractivity contribution in [1.29, 1.82) is 0 Å². The molecule has 1 aromatic heterocycles. The monoisotopic (exact) mass is 417 g/mol. The molecule has 0 aliphatic rings. The van der Waals surface area contributed by atoms with Crippen molar-refractivity contribution in [3.63, 3.8) is 0 Å². The largest absolute Gasteiger partial charge is 0.573 e. The van der Waals surface area contributed by atoms with Crippen LogP contribution < -0.4 is 9.88 Å². The molecule has 0 radical (unpaired) electrons. The molecule has 3 aromatic rings. The van der Waals surface area contributed by atoms with Crippen LogP contribution in [0, 0.1) is 5.82 Å². The van der Waals surface area contributed by atoms with Crippen LogP contribution in [0.3, 0.4) is 0 Å². The summed E-state index contributed by atoms with van der Waals surface area (Å²) in [5.41, 5.74) is 1.88. The molecule has 142 valence electrons. The van der Waals surface area contributed by atoms with Gasteiger partial charge in [-0.25, -0.2) is 17.9 Å². The average molecular weight is 417 g/mol. The number of halogens is 4. The molecule has 4 nitrogen and oxygen atoms in total. The van der Waals surface area contributed by atoms with Crippen LogP contribution in [-0.2, 0) is 10.0 Å². The maximum Gasteiger partial charge on any atom is 0.573 e. The van der Waals surface area contributed by atoms with E-state index in [1.54, 1.807) is 16.8 Å². The van der Waals surface area contributed by atoms with E-state index in [1.807, 2.05) is 0 Å². The van der Waals surface area contributed by atoms with E-state index in [4.69, 9.17) is 5.14 Å². The minimum absolute atomic E-state index is 0.360. The second-order valence-electron chi connectivity index (χ2n) is 5.46. The summed E-state index contributed by atoms with van der Waals surface area (Å²) in [6.45, 7) is 0. The van der Waals surface area contributed by atoms with Crippen molar-refractivity contribution in [3.8, 4) is 28.0 Å². The van der Waals surface area contributed by atoms with Crippen LogP contribution in [0.5, 0.6) is 5.75 Å². The number of sulfonamides is 1. The summed E-state index contributed by atoms with van der Waals surface area (Å²) < 4.78 is 77.9. The van der Waals surface area contributed by atoms with Gasteiger partial charge in [-0.3, -0.25) is 0 Å². The Balaban J connectivity index is 2.03. The third-order valence-corrected chi connectivity index (χ3v) is 5.28. The molecule has 0 spiro atoms. The highest BCUT2D eigenvalue weighted by Crippen LogP contribution is 2.38. The number of hydrogen-bond donors (Lipinski definition) is 1. The summed E-state index contributed by atoms with van der Waals surface area (Å²) in [7, 11) is -4.20. The third kappa shape index (κ3) is 4.46. The molecule has 3 rings (SSSR count). The van der Waals surface area contributed by atoms with Crippen molar-refractivity contribution < 1.29 is 30.7 Å². The molecule has 0 unspecified atom stereocenters. The zero-order valence-electron chi connectivity index (χ0n) is 13.3. The second-order valence-corrected chi connectivity index (χ2v) is 7.74. The Morgan fingerprint density at radius 2 is 1.59 bits per heavy atom. The molecule has 0 atom stereocenters. The second kappa shape index (κ2) is 6.95. The van der Waals surface area contributed by atoms with Crippen molar-refractivity contribution in [3.05, 3.63) is 59.0 Å². The van der Waals surface area contributed by atoms with Gasteiger partial charge in [0.1, 0.15) is 16.5 Å². The Kier molecular flexibility index (Phi) is 4.98. The molecule has 0 bridgehead atoms. The lowest BCUT2D eigenvalue weighted by Gasteiger charge is -2.11. The first-order chi connectivity index (χ1) is 12.5. The van der Waals surface area contributed by atoms with E-state index in [-0.39, 0.29) is 5.75 Å². The molecule has 2 N–H and O–H groups in total. The van der Waals surface area contributed by atoms with Crippen molar-refractivity contribution in [2.24, 2.45) is 5.14 Å². The number of thiophene rings is 1. The lowest BCUT2D eigenvalue weighted by molar-refractivity contribution is -0.274. The van der Waals surface area contributed by atoms with Crippen LogP contribution in [0.25, 0.3) is 22.3 Å². The summed E-state index contributed by atoms with van der Waals surface area (Å²) in [6, 6.07) is 8.82.